The van der Waals surface area contributed by atoms with Gasteiger partial charge in [-0.1, -0.05) is 0 Å². The monoisotopic (exact) mass is 236 g/mol. The Balaban J connectivity index is 2.65. The molecule has 17 heavy (non-hydrogen) atoms. The van der Waals surface area contributed by atoms with Crippen LogP contribution in [0.2, 0.25) is 0 Å². The molecule has 0 saturated carbocycles. The summed E-state index contributed by atoms with van der Waals surface area (Å²) in [6.07, 6.45) is -0.638. The number of amides is 1. The summed E-state index contributed by atoms with van der Waals surface area (Å²) in [5.74, 6) is 1.73. The molecule has 0 heterocycles. The zero-order chi connectivity index (χ0) is 12.8. The highest BCUT2D eigenvalue weighted by Gasteiger charge is 2.04. The summed E-state index contributed by atoms with van der Waals surface area (Å²) in [6.45, 7) is 1.73. The lowest BCUT2D eigenvalue weighted by Crippen LogP contribution is -2.20. The topological polar surface area (TPSA) is 51.1 Å². The van der Waals surface area contributed by atoms with Crippen molar-refractivity contribution in [1.29, 1.82) is 0 Å². The van der Waals surface area contributed by atoms with Crippen molar-refractivity contribution in [1.82, 2.24) is 4.90 Å². The number of nitrogens with zero attached hydrogens (tertiary/aromatic N) is 2. The molecule has 5 nitrogen and oxygen atoms in total. The molecule has 0 aliphatic rings. The molecule has 0 unspecified atom stereocenters. The predicted octanol–water partition coefficient (Wildman–Crippen LogP) is 2.17. The molecule has 0 aliphatic heterocycles. The van der Waals surface area contributed by atoms with Crippen molar-refractivity contribution in [3.05, 3.63) is 24.3 Å². The lowest BCUT2D eigenvalue weighted by molar-refractivity contribution is 0.211. The molecular formula is C12H16N2O3. The molecule has 0 saturated heterocycles. The molecule has 0 aromatic heterocycles. The number of carbonyl (C=O) groups is 1. The lowest BCUT2D eigenvalue weighted by atomic mass is 10.3. The number of benzene rings is 1. The maximum absolute atomic E-state index is 11.4. The molecule has 0 spiro atoms. The van der Waals surface area contributed by atoms with Gasteiger partial charge in [-0.15, -0.1) is 0 Å². The molecule has 0 atom stereocenters. The molecule has 1 amide bonds. The number of aliphatic imine (C=N–C) groups is 1. The van der Waals surface area contributed by atoms with Crippen LogP contribution in [0.3, 0.4) is 0 Å². The fraction of sp³-hybridized carbons (Fsp3) is 0.333. The maximum atomic E-state index is 11.4. The summed E-state index contributed by atoms with van der Waals surface area (Å²) in [5, 5.41) is 0. The van der Waals surface area contributed by atoms with Gasteiger partial charge in [-0.2, -0.15) is 4.99 Å². The molecular weight excluding hydrogens is 220 g/mol. The minimum absolute atomic E-state index is 0.436. The van der Waals surface area contributed by atoms with E-state index in [4.69, 9.17) is 9.47 Å². The van der Waals surface area contributed by atoms with Gasteiger partial charge in [0.1, 0.15) is 17.3 Å². The van der Waals surface area contributed by atoms with Gasteiger partial charge in [-0.05, 0) is 31.2 Å². The Bertz CT molecular complexity index is 410. The van der Waals surface area contributed by atoms with E-state index in [0.29, 0.717) is 17.3 Å². The molecule has 0 aliphatic carbocycles. The van der Waals surface area contributed by atoms with Crippen LogP contribution in [0.15, 0.2) is 29.3 Å². The van der Waals surface area contributed by atoms with E-state index in [9.17, 15) is 4.79 Å². The smallest absolute Gasteiger partial charge is 0.440 e. The van der Waals surface area contributed by atoms with Crippen LogP contribution >= 0.6 is 0 Å². The van der Waals surface area contributed by atoms with E-state index in [-0.39, 0.29) is 0 Å². The molecule has 0 fully saturated rings. The summed E-state index contributed by atoms with van der Waals surface area (Å²) < 4.78 is 10.0. The predicted molar refractivity (Wildman–Crippen MR) is 65.8 cm³/mol. The van der Waals surface area contributed by atoms with Crippen LogP contribution in [0.4, 0.5) is 4.79 Å². The fourth-order valence-electron chi connectivity index (χ4n) is 1.000. The second-order valence-electron chi connectivity index (χ2n) is 3.60. The third-order valence-corrected chi connectivity index (χ3v) is 2.16. The quantitative estimate of drug-likeness (QED) is 0.583. The van der Waals surface area contributed by atoms with E-state index in [1.165, 1.54) is 0 Å². The van der Waals surface area contributed by atoms with Gasteiger partial charge in [0.05, 0.1) is 7.11 Å². The number of rotatable bonds is 2. The normalized spacial score (nSPS) is 10.9. The van der Waals surface area contributed by atoms with Crippen molar-refractivity contribution >= 4 is 11.9 Å². The molecule has 1 aromatic rings. The fourth-order valence-corrected chi connectivity index (χ4v) is 1.000. The van der Waals surface area contributed by atoms with E-state index in [2.05, 4.69) is 4.99 Å². The van der Waals surface area contributed by atoms with Crippen molar-refractivity contribution < 1.29 is 14.3 Å². The minimum Gasteiger partial charge on any atom is -0.497 e. The summed E-state index contributed by atoms with van der Waals surface area (Å²) >= 11 is 0. The Hall–Kier alpha value is -2.04. The van der Waals surface area contributed by atoms with Crippen LogP contribution in [0.25, 0.3) is 0 Å². The number of ether oxygens (including phenoxy) is 2. The SMILES string of the molecule is COc1ccc(OC(=O)N=C(C)N(C)C)cc1. The van der Waals surface area contributed by atoms with E-state index in [1.54, 1.807) is 57.3 Å². The molecule has 0 N–H and O–H groups in total. The average molecular weight is 236 g/mol. The third kappa shape index (κ3) is 4.14. The number of methoxy groups -OCH3 is 1. The molecule has 1 rings (SSSR count). The average Bonchev–Trinajstić information content (AvgIpc) is 2.29. The number of amidine groups is 1. The lowest BCUT2D eigenvalue weighted by Gasteiger charge is -2.10. The largest absolute Gasteiger partial charge is 0.497 e. The van der Waals surface area contributed by atoms with E-state index in [1.807, 2.05) is 0 Å². The van der Waals surface area contributed by atoms with Gasteiger partial charge in [-0.25, -0.2) is 4.79 Å². The molecule has 5 heteroatoms. The highest BCUT2D eigenvalue weighted by molar-refractivity contribution is 5.90. The molecule has 92 valence electrons. The van der Waals surface area contributed by atoms with Crippen LogP contribution in [-0.4, -0.2) is 38.0 Å². The van der Waals surface area contributed by atoms with E-state index in [0.717, 1.165) is 0 Å². The number of hydrogen-bond donors (Lipinski definition) is 0. The molecule has 0 bridgehead atoms. The first kappa shape index (κ1) is 13.0. The van der Waals surface area contributed by atoms with Crippen molar-refractivity contribution in [2.75, 3.05) is 21.2 Å². The van der Waals surface area contributed by atoms with Gasteiger partial charge in [-0.3, -0.25) is 0 Å². The van der Waals surface area contributed by atoms with Gasteiger partial charge in [0.25, 0.3) is 0 Å². The maximum Gasteiger partial charge on any atom is 0.440 e. The van der Waals surface area contributed by atoms with Crippen molar-refractivity contribution in [3.8, 4) is 11.5 Å². The summed E-state index contributed by atoms with van der Waals surface area (Å²) in [6, 6.07) is 6.73. The van der Waals surface area contributed by atoms with E-state index < -0.39 is 6.09 Å². The van der Waals surface area contributed by atoms with Gasteiger partial charge in [0, 0.05) is 14.1 Å². The van der Waals surface area contributed by atoms with Gasteiger partial charge in [0.15, 0.2) is 0 Å². The van der Waals surface area contributed by atoms with Crippen molar-refractivity contribution in [3.63, 3.8) is 0 Å². The van der Waals surface area contributed by atoms with Crippen LogP contribution in [-0.2, 0) is 0 Å². The number of carbonyl (C=O) groups excluding carboxylic acids is 1. The molecule has 1 aromatic carbocycles. The standard InChI is InChI=1S/C12H16N2O3/c1-9(14(2)3)13-12(15)17-11-7-5-10(16-4)6-8-11/h5-8H,1-4H3. The van der Waals surface area contributed by atoms with Crippen molar-refractivity contribution in [2.24, 2.45) is 4.99 Å². The second-order valence-corrected chi connectivity index (χ2v) is 3.60. The summed E-state index contributed by atoms with van der Waals surface area (Å²) in [7, 11) is 5.19. The van der Waals surface area contributed by atoms with Gasteiger partial charge < -0.3 is 14.4 Å². The van der Waals surface area contributed by atoms with Gasteiger partial charge >= 0.3 is 6.09 Å². The highest BCUT2D eigenvalue weighted by atomic mass is 16.5. The highest BCUT2D eigenvalue weighted by Crippen LogP contribution is 2.17. The van der Waals surface area contributed by atoms with Crippen LogP contribution < -0.4 is 9.47 Å². The van der Waals surface area contributed by atoms with Gasteiger partial charge in [0.2, 0.25) is 0 Å². The van der Waals surface area contributed by atoms with E-state index >= 15 is 0 Å². The minimum atomic E-state index is -0.638. The summed E-state index contributed by atoms with van der Waals surface area (Å²) in [4.78, 5) is 16.9. The first-order chi connectivity index (χ1) is 8.02. The Labute approximate surface area is 101 Å². The Morgan fingerprint density at radius 3 is 2.18 bits per heavy atom. The second kappa shape index (κ2) is 5.89. The Morgan fingerprint density at radius 1 is 1.18 bits per heavy atom. The zero-order valence-electron chi connectivity index (χ0n) is 10.4. The first-order valence-corrected chi connectivity index (χ1v) is 5.11. The van der Waals surface area contributed by atoms with Crippen LogP contribution in [0.1, 0.15) is 6.92 Å². The summed E-state index contributed by atoms with van der Waals surface area (Å²) in [5.41, 5.74) is 0. The third-order valence-electron chi connectivity index (χ3n) is 2.16. The van der Waals surface area contributed by atoms with Crippen molar-refractivity contribution in [2.45, 2.75) is 6.92 Å². The first-order valence-electron chi connectivity index (χ1n) is 5.11. The molecule has 0 radical (unpaired) electrons. The van der Waals surface area contributed by atoms with Crippen LogP contribution in [0, 0.1) is 0 Å². The Morgan fingerprint density at radius 2 is 1.71 bits per heavy atom. The van der Waals surface area contributed by atoms with Crippen LogP contribution in [0.5, 0.6) is 11.5 Å². The Kier molecular flexibility index (Phi) is 4.51. The zero-order valence-corrected chi connectivity index (χ0v) is 10.4. The number of hydrogen-bond acceptors (Lipinski definition) is 3.